The highest BCUT2D eigenvalue weighted by Gasteiger charge is 2.47. The number of rotatable bonds is 7. The van der Waals surface area contributed by atoms with Gasteiger partial charge in [0, 0.05) is 23.6 Å². The van der Waals surface area contributed by atoms with Crippen LogP contribution >= 0.6 is 11.6 Å². The number of aliphatic hydroxyl groups excluding tert-OH is 1. The zero-order chi connectivity index (χ0) is 24.2. The highest BCUT2D eigenvalue weighted by atomic mass is 35.5. The molecule has 1 fully saturated rings. The second-order valence-electron chi connectivity index (χ2n) is 7.45. The highest BCUT2D eigenvalue weighted by Crippen LogP contribution is 2.43. The molecule has 0 spiro atoms. The summed E-state index contributed by atoms with van der Waals surface area (Å²) in [6, 6.07) is 14.2. The highest BCUT2D eigenvalue weighted by molar-refractivity contribution is 6.52. The number of aromatic nitrogens is 1. The van der Waals surface area contributed by atoms with Gasteiger partial charge < -0.3 is 14.6 Å². The Morgan fingerprint density at radius 3 is 2.24 bits per heavy atom. The Balaban J connectivity index is 1.89. The topological polar surface area (TPSA) is 89.0 Å². The minimum atomic E-state index is -0.882. The molecule has 34 heavy (non-hydrogen) atoms. The van der Waals surface area contributed by atoms with Gasteiger partial charge in [0.1, 0.15) is 17.3 Å². The van der Waals surface area contributed by atoms with E-state index in [1.54, 1.807) is 67.0 Å². The summed E-state index contributed by atoms with van der Waals surface area (Å²) in [7, 11) is 0. The summed E-state index contributed by atoms with van der Waals surface area (Å²) >= 11 is 6.36. The average Bonchev–Trinajstić information content (AvgIpc) is 3.12. The number of carbonyl (C=O) groups is 2. The quantitative estimate of drug-likeness (QED) is 0.286. The summed E-state index contributed by atoms with van der Waals surface area (Å²) in [6.07, 6.45) is 3.13. The first kappa shape index (κ1) is 23.3. The van der Waals surface area contributed by atoms with E-state index in [-0.39, 0.29) is 21.9 Å². The van der Waals surface area contributed by atoms with E-state index in [0.29, 0.717) is 36.0 Å². The minimum Gasteiger partial charge on any atom is -0.507 e. The van der Waals surface area contributed by atoms with Crippen molar-refractivity contribution in [3.8, 4) is 11.5 Å². The molecule has 1 amide bonds. The molecule has 2 aromatic carbocycles. The standard InChI is InChI=1S/C26H23ClN2O5/c1-3-33-18-7-5-17(6-8-18)29-23(16-11-13-28-14-12-16)22(25(31)26(29)32)24(30)20-15-19(34-4-2)9-10-21(20)27/h5-15,23,30H,3-4H2,1-2H3/b24-22+. The van der Waals surface area contributed by atoms with E-state index < -0.39 is 17.7 Å². The zero-order valence-electron chi connectivity index (χ0n) is 18.7. The number of nitrogens with zero attached hydrogens (tertiary/aromatic N) is 2. The van der Waals surface area contributed by atoms with Crippen molar-refractivity contribution in [2.75, 3.05) is 18.1 Å². The Kier molecular flexibility index (Phi) is 6.84. The van der Waals surface area contributed by atoms with Gasteiger partial charge in [-0.2, -0.15) is 0 Å². The molecule has 0 saturated carbocycles. The number of hydrogen-bond acceptors (Lipinski definition) is 6. The van der Waals surface area contributed by atoms with Crippen molar-refractivity contribution >= 4 is 34.7 Å². The fourth-order valence-corrected chi connectivity index (χ4v) is 4.12. The molecule has 2 heterocycles. The molecule has 4 rings (SSSR count). The summed E-state index contributed by atoms with van der Waals surface area (Å²) in [6.45, 7) is 4.63. The Morgan fingerprint density at radius 2 is 1.59 bits per heavy atom. The number of Topliss-reactive ketones (excluding diaryl/α,β-unsaturated/α-hetero) is 1. The molecule has 1 aromatic heterocycles. The van der Waals surface area contributed by atoms with Gasteiger partial charge in [-0.05, 0) is 74.0 Å². The first-order valence-corrected chi connectivity index (χ1v) is 11.2. The van der Waals surface area contributed by atoms with Crippen LogP contribution in [0.4, 0.5) is 5.69 Å². The predicted molar refractivity (Wildman–Crippen MR) is 129 cm³/mol. The number of ether oxygens (including phenoxy) is 2. The van der Waals surface area contributed by atoms with E-state index in [1.807, 2.05) is 13.8 Å². The van der Waals surface area contributed by atoms with Crippen LogP contribution in [0.5, 0.6) is 11.5 Å². The molecule has 0 bridgehead atoms. The SMILES string of the molecule is CCOc1ccc(N2C(=O)C(=O)/C(=C(/O)c3cc(OCC)ccc3Cl)C2c2ccncc2)cc1. The molecule has 1 aliphatic rings. The zero-order valence-corrected chi connectivity index (χ0v) is 19.5. The van der Waals surface area contributed by atoms with Crippen LogP contribution in [-0.2, 0) is 9.59 Å². The molecule has 1 aliphatic heterocycles. The third kappa shape index (κ3) is 4.34. The maximum Gasteiger partial charge on any atom is 0.300 e. The molecule has 0 radical (unpaired) electrons. The summed E-state index contributed by atoms with van der Waals surface area (Å²) in [4.78, 5) is 31.9. The average molecular weight is 479 g/mol. The van der Waals surface area contributed by atoms with Crippen molar-refractivity contribution in [3.05, 3.63) is 88.7 Å². The van der Waals surface area contributed by atoms with Gasteiger partial charge in [-0.25, -0.2) is 0 Å². The van der Waals surface area contributed by atoms with Crippen molar-refractivity contribution in [1.82, 2.24) is 4.98 Å². The molecule has 8 heteroatoms. The molecule has 1 atom stereocenters. The second-order valence-corrected chi connectivity index (χ2v) is 7.86. The molecule has 174 valence electrons. The minimum absolute atomic E-state index is 0.0689. The fourth-order valence-electron chi connectivity index (χ4n) is 3.92. The number of aliphatic hydroxyl groups is 1. The summed E-state index contributed by atoms with van der Waals surface area (Å²) in [5, 5.41) is 11.5. The summed E-state index contributed by atoms with van der Waals surface area (Å²) in [5.41, 5.74) is 1.24. The summed E-state index contributed by atoms with van der Waals surface area (Å²) < 4.78 is 11.0. The number of hydrogen-bond donors (Lipinski definition) is 1. The van der Waals surface area contributed by atoms with Gasteiger partial charge in [0.25, 0.3) is 11.7 Å². The van der Waals surface area contributed by atoms with E-state index >= 15 is 0 Å². The molecule has 1 N–H and O–H groups in total. The fraction of sp³-hybridized carbons (Fsp3) is 0.192. The molecule has 1 unspecified atom stereocenters. The van der Waals surface area contributed by atoms with E-state index in [0.717, 1.165) is 0 Å². The monoisotopic (exact) mass is 478 g/mol. The van der Waals surface area contributed by atoms with Gasteiger partial charge in [-0.1, -0.05) is 11.6 Å². The molecule has 1 saturated heterocycles. The van der Waals surface area contributed by atoms with Crippen molar-refractivity contribution in [3.63, 3.8) is 0 Å². The van der Waals surface area contributed by atoms with Crippen molar-refractivity contribution in [2.24, 2.45) is 0 Å². The third-order valence-corrected chi connectivity index (χ3v) is 5.73. The lowest BCUT2D eigenvalue weighted by Gasteiger charge is -2.25. The van der Waals surface area contributed by atoms with Crippen LogP contribution in [0.25, 0.3) is 5.76 Å². The van der Waals surface area contributed by atoms with Crippen LogP contribution in [0.15, 0.2) is 72.6 Å². The van der Waals surface area contributed by atoms with Crippen LogP contribution in [-0.4, -0.2) is 35.0 Å². The maximum atomic E-state index is 13.3. The van der Waals surface area contributed by atoms with Gasteiger partial charge in [-0.3, -0.25) is 19.5 Å². The number of benzene rings is 2. The Labute approximate surface area is 202 Å². The van der Waals surface area contributed by atoms with Crippen LogP contribution in [0.2, 0.25) is 5.02 Å². The molecule has 3 aromatic rings. The number of amides is 1. The van der Waals surface area contributed by atoms with E-state index in [9.17, 15) is 14.7 Å². The Hall–Kier alpha value is -3.84. The molecule has 0 aliphatic carbocycles. The van der Waals surface area contributed by atoms with E-state index in [2.05, 4.69) is 4.98 Å². The van der Waals surface area contributed by atoms with Crippen molar-refractivity contribution in [1.29, 1.82) is 0 Å². The number of carbonyl (C=O) groups excluding carboxylic acids is 2. The van der Waals surface area contributed by atoms with Gasteiger partial charge >= 0.3 is 0 Å². The lowest BCUT2D eigenvalue weighted by molar-refractivity contribution is -0.132. The number of pyridine rings is 1. The largest absolute Gasteiger partial charge is 0.507 e. The summed E-state index contributed by atoms with van der Waals surface area (Å²) in [5.74, 6) is -0.826. The van der Waals surface area contributed by atoms with Crippen molar-refractivity contribution < 1.29 is 24.2 Å². The van der Waals surface area contributed by atoms with Crippen LogP contribution in [0.1, 0.15) is 31.0 Å². The van der Waals surface area contributed by atoms with Crippen LogP contribution in [0, 0.1) is 0 Å². The number of ketones is 1. The molecular weight excluding hydrogens is 456 g/mol. The van der Waals surface area contributed by atoms with Gasteiger partial charge in [0.15, 0.2) is 0 Å². The smallest absolute Gasteiger partial charge is 0.300 e. The van der Waals surface area contributed by atoms with Gasteiger partial charge in [0.2, 0.25) is 0 Å². The predicted octanol–water partition coefficient (Wildman–Crippen LogP) is 5.16. The Bertz CT molecular complexity index is 1240. The Morgan fingerprint density at radius 1 is 0.971 bits per heavy atom. The van der Waals surface area contributed by atoms with Crippen molar-refractivity contribution in [2.45, 2.75) is 19.9 Å². The number of anilines is 1. The van der Waals surface area contributed by atoms with Gasteiger partial charge in [0.05, 0.1) is 29.9 Å². The van der Waals surface area contributed by atoms with Crippen LogP contribution < -0.4 is 14.4 Å². The van der Waals surface area contributed by atoms with Crippen LogP contribution in [0.3, 0.4) is 0 Å². The normalized spacial score (nSPS) is 17.1. The number of halogens is 1. The first-order chi connectivity index (χ1) is 16.5. The lowest BCUT2D eigenvalue weighted by atomic mass is 9.95. The first-order valence-electron chi connectivity index (χ1n) is 10.8. The maximum absolute atomic E-state index is 13.3. The van der Waals surface area contributed by atoms with E-state index in [4.69, 9.17) is 21.1 Å². The molecule has 7 nitrogen and oxygen atoms in total. The third-order valence-electron chi connectivity index (χ3n) is 5.40. The van der Waals surface area contributed by atoms with Gasteiger partial charge in [-0.15, -0.1) is 0 Å². The molecular formula is C26H23ClN2O5. The lowest BCUT2D eigenvalue weighted by Crippen LogP contribution is -2.29. The van der Waals surface area contributed by atoms with E-state index in [1.165, 1.54) is 4.90 Å². The second kappa shape index (κ2) is 9.97.